The zero-order chi connectivity index (χ0) is 23.6. The normalized spacial score (nSPS) is 16.5. The maximum atomic E-state index is 13.3. The van der Waals surface area contributed by atoms with E-state index in [1.165, 1.54) is 0 Å². The molecule has 174 valence electrons. The Morgan fingerprint density at radius 1 is 0.879 bits per heavy atom. The molecule has 4 rings (SSSR count). The number of benzene rings is 2. The van der Waals surface area contributed by atoms with E-state index in [1.807, 2.05) is 74.2 Å². The summed E-state index contributed by atoms with van der Waals surface area (Å²) in [6.07, 6.45) is 2.82. The van der Waals surface area contributed by atoms with Gasteiger partial charge in [-0.05, 0) is 48.9 Å². The lowest BCUT2D eigenvalue weighted by molar-refractivity contribution is -0.155. The van der Waals surface area contributed by atoms with Gasteiger partial charge >= 0.3 is 5.97 Å². The molecule has 0 radical (unpaired) electrons. The van der Waals surface area contributed by atoms with Crippen molar-refractivity contribution in [3.63, 3.8) is 0 Å². The van der Waals surface area contributed by atoms with Gasteiger partial charge in [-0.25, -0.2) is 0 Å². The van der Waals surface area contributed by atoms with Crippen LogP contribution in [-0.2, 0) is 32.0 Å². The Balaban J connectivity index is 1.42. The Hall–Kier alpha value is -3.15. The Bertz CT molecular complexity index is 1000. The van der Waals surface area contributed by atoms with Gasteiger partial charge in [0.15, 0.2) is 6.61 Å². The van der Waals surface area contributed by atoms with Crippen molar-refractivity contribution >= 4 is 29.2 Å². The molecular formula is C27H32N2O4. The van der Waals surface area contributed by atoms with Crippen LogP contribution in [-0.4, -0.2) is 42.4 Å². The van der Waals surface area contributed by atoms with Crippen molar-refractivity contribution in [1.29, 1.82) is 0 Å². The largest absolute Gasteiger partial charge is 0.455 e. The fourth-order valence-corrected chi connectivity index (χ4v) is 4.66. The number of amides is 2. The van der Waals surface area contributed by atoms with Gasteiger partial charge in [-0.1, -0.05) is 57.2 Å². The van der Waals surface area contributed by atoms with Gasteiger partial charge in [0.1, 0.15) is 0 Å². The van der Waals surface area contributed by atoms with Crippen LogP contribution in [0, 0.1) is 11.3 Å². The van der Waals surface area contributed by atoms with E-state index in [1.54, 1.807) is 4.90 Å². The molecule has 0 aromatic heterocycles. The van der Waals surface area contributed by atoms with Crippen LogP contribution < -0.4 is 4.90 Å². The molecule has 0 spiro atoms. The molecule has 33 heavy (non-hydrogen) atoms. The molecule has 0 saturated carbocycles. The first kappa shape index (κ1) is 23.0. The first-order chi connectivity index (χ1) is 15.8. The monoisotopic (exact) mass is 448 g/mol. The van der Waals surface area contributed by atoms with Crippen LogP contribution in [0.15, 0.2) is 48.5 Å². The van der Waals surface area contributed by atoms with E-state index in [9.17, 15) is 14.4 Å². The maximum absolute atomic E-state index is 13.3. The van der Waals surface area contributed by atoms with E-state index in [0.29, 0.717) is 25.9 Å². The molecule has 2 aliphatic heterocycles. The minimum Gasteiger partial charge on any atom is -0.455 e. The zero-order valence-electron chi connectivity index (χ0n) is 19.7. The van der Waals surface area contributed by atoms with E-state index in [2.05, 4.69) is 0 Å². The Kier molecular flexibility index (Phi) is 6.54. The SMILES string of the molecule is CC(C)(C)C(=O)N1CCC(C(=O)OCC(=O)N2c3ccccc3CCc3ccccc32)CC1. The number of hydrogen-bond acceptors (Lipinski definition) is 4. The van der Waals surface area contributed by atoms with Crippen molar-refractivity contribution in [2.45, 2.75) is 46.5 Å². The average molecular weight is 449 g/mol. The van der Waals surface area contributed by atoms with E-state index in [4.69, 9.17) is 4.74 Å². The lowest BCUT2D eigenvalue weighted by Crippen LogP contribution is -2.45. The topological polar surface area (TPSA) is 66.9 Å². The van der Waals surface area contributed by atoms with Crippen LogP contribution >= 0.6 is 0 Å². The number of anilines is 2. The summed E-state index contributed by atoms with van der Waals surface area (Å²) in [7, 11) is 0. The summed E-state index contributed by atoms with van der Waals surface area (Å²) < 4.78 is 5.50. The number of ether oxygens (including phenoxy) is 1. The van der Waals surface area contributed by atoms with Gasteiger partial charge in [-0.2, -0.15) is 0 Å². The molecule has 2 heterocycles. The van der Waals surface area contributed by atoms with Crippen LogP contribution in [0.4, 0.5) is 11.4 Å². The molecule has 0 aliphatic carbocycles. The van der Waals surface area contributed by atoms with Crippen molar-refractivity contribution in [1.82, 2.24) is 4.90 Å². The summed E-state index contributed by atoms with van der Waals surface area (Å²) in [5, 5.41) is 0. The second-order valence-corrected chi connectivity index (χ2v) is 9.91. The number of carbonyl (C=O) groups is 3. The molecule has 0 atom stereocenters. The molecule has 6 heteroatoms. The number of nitrogens with zero attached hydrogens (tertiary/aromatic N) is 2. The summed E-state index contributed by atoms with van der Waals surface area (Å²) in [6, 6.07) is 15.8. The number of fused-ring (bicyclic) bond motifs is 2. The standard InChI is InChI=1S/C27H32N2O4/c1-27(2,3)26(32)28-16-14-21(15-17-28)25(31)33-18-24(30)29-22-10-6-4-8-19(22)12-13-20-9-5-7-11-23(20)29/h4-11,21H,12-18H2,1-3H3. The number of rotatable bonds is 3. The second kappa shape index (κ2) is 9.38. The average Bonchev–Trinajstić information content (AvgIpc) is 2.98. The van der Waals surface area contributed by atoms with E-state index >= 15 is 0 Å². The van der Waals surface area contributed by atoms with Crippen molar-refractivity contribution in [3.8, 4) is 0 Å². The molecule has 1 saturated heterocycles. The second-order valence-electron chi connectivity index (χ2n) is 9.91. The summed E-state index contributed by atoms with van der Waals surface area (Å²) in [5.74, 6) is -0.804. The summed E-state index contributed by atoms with van der Waals surface area (Å²) in [4.78, 5) is 42.0. The van der Waals surface area contributed by atoms with E-state index < -0.39 is 5.41 Å². The minimum atomic E-state index is -0.431. The molecule has 0 N–H and O–H groups in total. The Morgan fingerprint density at radius 2 is 1.39 bits per heavy atom. The smallest absolute Gasteiger partial charge is 0.309 e. The number of para-hydroxylation sites is 2. The quantitative estimate of drug-likeness (QED) is 0.658. The van der Waals surface area contributed by atoms with Crippen LogP contribution in [0.2, 0.25) is 0 Å². The Morgan fingerprint density at radius 3 is 1.91 bits per heavy atom. The summed E-state index contributed by atoms with van der Waals surface area (Å²) in [5.41, 5.74) is 3.46. The molecular weight excluding hydrogens is 416 g/mol. The summed E-state index contributed by atoms with van der Waals surface area (Å²) in [6.45, 7) is 6.48. The third kappa shape index (κ3) is 4.95. The van der Waals surface area contributed by atoms with Gasteiger partial charge < -0.3 is 9.64 Å². The van der Waals surface area contributed by atoms with Gasteiger partial charge in [0.05, 0.1) is 17.3 Å². The molecule has 2 aromatic carbocycles. The fraction of sp³-hybridized carbons (Fsp3) is 0.444. The van der Waals surface area contributed by atoms with Crippen LogP contribution in [0.5, 0.6) is 0 Å². The predicted octanol–water partition coefficient (Wildman–Crippen LogP) is 4.28. The molecule has 0 bridgehead atoms. The molecule has 6 nitrogen and oxygen atoms in total. The number of aryl methyl sites for hydroxylation is 2. The highest BCUT2D eigenvalue weighted by Crippen LogP contribution is 2.36. The zero-order valence-corrected chi connectivity index (χ0v) is 19.7. The lowest BCUT2D eigenvalue weighted by atomic mass is 9.91. The molecule has 2 aromatic rings. The van der Waals surface area contributed by atoms with Crippen molar-refractivity contribution in [2.75, 3.05) is 24.6 Å². The number of carbonyl (C=O) groups excluding carboxylic acids is 3. The van der Waals surface area contributed by atoms with Gasteiger partial charge in [0, 0.05) is 18.5 Å². The number of likely N-dealkylation sites (tertiary alicyclic amines) is 1. The van der Waals surface area contributed by atoms with Crippen LogP contribution in [0.1, 0.15) is 44.7 Å². The van der Waals surface area contributed by atoms with Crippen LogP contribution in [0.3, 0.4) is 0 Å². The fourth-order valence-electron chi connectivity index (χ4n) is 4.66. The maximum Gasteiger partial charge on any atom is 0.309 e. The minimum absolute atomic E-state index is 0.1000. The van der Waals surface area contributed by atoms with Gasteiger partial charge in [0.2, 0.25) is 5.91 Å². The number of hydrogen-bond donors (Lipinski definition) is 0. The van der Waals surface area contributed by atoms with Gasteiger partial charge in [-0.15, -0.1) is 0 Å². The Labute approximate surface area is 195 Å². The van der Waals surface area contributed by atoms with Crippen molar-refractivity contribution < 1.29 is 19.1 Å². The summed E-state index contributed by atoms with van der Waals surface area (Å²) >= 11 is 0. The number of piperidine rings is 1. The van der Waals surface area contributed by atoms with Gasteiger partial charge in [0.25, 0.3) is 5.91 Å². The first-order valence-electron chi connectivity index (χ1n) is 11.7. The van der Waals surface area contributed by atoms with Crippen molar-refractivity contribution in [2.24, 2.45) is 11.3 Å². The first-order valence-corrected chi connectivity index (χ1v) is 11.7. The molecule has 1 fully saturated rings. The third-order valence-corrected chi connectivity index (χ3v) is 6.47. The highest BCUT2D eigenvalue weighted by molar-refractivity contribution is 6.03. The third-order valence-electron chi connectivity index (χ3n) is 6.47. The van der Waals surface area contributed by atoms with Crippen LogP contribution in [0.25, 0.3) is 0 Å². The molecule has 2 amide bonds. The van der Waals surface area contributed by atoms with E-state index in [0.717, 1.165) is 35.3 Å². The van der Waals surface area contributed by atoms with Gasteiger partial charge in [-0.3, -0.25) is 19.3 Å². The van der Waals surface area contributed by atoms with Crippen molar-refractivity contribution in [3.05, 3.63) is 59.7 Å². The number of esters is 1. The highest BCUT2D eigenvalue weighted by Gasteiger charge is 2.33. The predicted molar refractivity (Wildman–Crippen MR) is 127 cm³/mol. The van der Waals surface area contributed by atoms with E-state index in [-0.39, 0.29) is 30.3 Å². The lowest BCUT2D eigenvalue weighted by Gasteiger charge is -2.35. The molecule has 2 aliphatic rings. The highest BCUT2D eigenvalue weighted by atomic mass is 16.5. The molecule has 0 unspecified atom stereocenters.